The highest BCUT2D eigenvalue weighted by Crippen LogP contribution is 2.28. The van der Waals surface area contributed by atoms with Crippen LogP contribution >= 0.6 is 0 Å². The minimum atomic E-state index is -0.794. The maximum Gasteiger partial charge on any atom is 0.303 e. The van der Waals surface area contributed by atoms with E-state index in [1.54, 1.807) is 18.2 Å². The number of carboxylic acids is 1. The Balaban J connectivity index is 1.53. The van der Waals surface area contributed by atoms with Crippen LogP contribution in [-0.2, 0) is 11.4 Å². The molecule has 0 spiro atoms. The molecule has 2 aliphatic rings. The monoisotopic (exact) mass is 469 g/mol. The van der Waals surface area contributed by atoms with Crippen molar-refractivity contribution >= 4 is 17.7 Å². The molecule has 2 aromatic rings. The van der Waals surface area contributed by atoms with Crippen molar-refractivity contribution in [3.05, 3.63) is 53.3 Å². The van der Waals surface area contributed by atoms with Gasteiger partial charge in [-0.05, 0) is 61.4 Å². The lowest BCUT2D eigenvalue weighted by atomic mass is 9.95. The van der Waals surface area contributed by atoms with Gasteiger partial charge in [0.05, 0.1) is 0 Å². The second-order valence-corrected chi connectivity index (χ2v) is 9.30. The van der Waals surface area contributed by atoms with Gasteiger partial charge in [0.2, 0.25) is 5.88 Å². The number of pyridine rings is 1. The fourth-order valence-corrected chi connectivity index (χ4v) is 4.82. The Hall–Kier alpha value is -3.16. The Kier molecular flexibility index (Phi) is 7.98. The molecule has 1 saturated heterocycles. The number of carboxylic acid groups (broad SMARTS) is 1. The first-order chi connectivity index (χ1) is 16.5. The van der Waals surface area contributed by atoms with Gasteiger partial charge in [-0.3, -0.25) is 9.59 Å². The van der Waals surface area contributed by atoms with E-state index in [0.29, 0.717) is 17.9 Å². The predicted octanol–water partition coefficient (Wildman–Crippen LogP) is 4.55. The highest BCUT2D eigenvalue weighted by Gasteiger charge is 2.25. The SMILES string of the molecule is O=C(O)C[C@@H]1CCCN(c2ccc(C(=O)NC3CCCCC3)c(OCc3ccc(F)cc3)n2)C1. The molecule has 7 nitrogen and oxygen atoms in total. The molecule has 2 N–H and O–H groups in total. The molecule has 2 heterocycles. The van der Waals surface area contributed by atoms with Crippen LogP contribution in [0.2, 0.25) is 0 Å². The van der Waals surface area contributed by atoms with Gasteiger partial charge in [0, 0.05) is 25.6 Å². The number of hydrogen-bond acceptors (Lipinski definition) is 5. The number of halogens is 1. The second-order valence-electron chi connectivity index (χ2n) is 9.30. The van der Waals surface area contributed by atoms with E-state index in [-0.39, 0.29) is 42.6 Å². The summed E-state index contributed by atoms with van der Waals surface area (Å²) in [5, 5.41) is 12.3. The molecule has 8 heteroatoms. The van der Waals surface area contributed by atoms with Crippen molar-refractivity contribution in [1.29, 1.82) is 0 Å². The zero-order valence-corrected chi connectivity index (χ0v) is 19.3. The molecule has 1 atom stereocenters. The summed E-state index contributed by atoms with van der Waals surface area (Å²) in [6.45, 7) is 1.53. The number of anilines is 1. The normalized spacial score (nSPS) is 19.0. The van der Waals surface area contributed by atoms with Crippen LogP contribution in [-0.4, -0.2) is 41.1 Å². The molecule has 1 aromatic heterocycles. The molecule has 1 saturated carbocycles. The van der Waals surface area contributed by atoms with Gasteiger partial charge in [-0.25, -0.2) is 4.39 Å². The zero-order valence-electron chi connectivity index (χ0n) is 19.3. The third-order valence-corrected chi connectivity index (χ3v) is 6.63. The molecule has 0 bridgehead atoms. The predicted molar refractivity (Wildman–Crippen MR) is 126 cm³/mol. The maximum absolute atomic E-state index is 13.3. The fourth-order valence-electron chi connectivity index (χ4n) is 4.82. The van der Waals surface area contributed by atoms with Gasteiger partial charge < -0.3 is 20.1 Å². The summed E-state index contributed by atoms with van der Waals surface area (Å²) in [7, 11) is 0. The van der Waals surface area contributed by atoms with Crippen LogP contribution in [0, 0.1) is 11.7 Å². The number of carbonyl (C=O) groups is 2. The number of nitrogens with one attached hydrogen (secondary N) is 1. The van der Waals surface area contributed by atoms with Gasteiger partial charge in [0.1, 0.15) is 23.8 Å². The number of hydrogen-bond donors (Lipinski definition) is 2. The smallest absolute Gasteiger partial charge is 0.303 e. The number of ether oxygens (including phenoxy) is 1. The van der Waals surface area contributed by atoms with Gasteiger partial charge in [-0.15, -0.1) is 0 Å². The van der Waals surface area contributed by atoms with Crippen molar-refractivity contribution in [3.8, 4) is 5.88 Å². The topological polar surface area (TPSA) is 91.8 Å². The molecular formula is C26H32FN3O4. The number of aromatic nitrogens is 1. The largest absolute Gasteiger partial charge is 0.481 e. The standard InChI is InChI=1S/C26H32FN3O4/c27-20-10-8-18(9-11-20)17-34-26-22(25(33)28-21-6-2-1-3-7-21)12-13-23(29-26)30-14-4-5-19(16-30)15-24(31)32/h8-13,19,21H,1-7,14-17H2,(H,28,33)(H,31,32)/t19-/m0/s1. The number of amides is 1. The van der Waals surface area contributed by atoms with Crippen LogP contribution in [0.25, 0.3) is 0 Å². The lowest BCUT2D eigenvalue weighted by Gasteiger charge is -2.33. The van der Waals surface area contributed by atoms with Gasteiger partial charge in [0.25, 0.3) is 5.91 Å². The average molecular weight is 470 g/mol. The van der Waals surface area contributed by atoms with Crippen molar-refractivity contribution in [1.82, 2.24) is 10.3 Å². The zero-order chi connectivity index (χ0) is 23.9. The molecule has 0 unspecified atom stereocenters. The van der Waals surface area contributed by atoms with E-state index >= 15 is 0 Å². The third kappa shape index (κ3) is 6.46. The van der Waals surface area contributed by atoms with Gasteiger partial charge in [-0.1, -0.05) is 31.4 Å². The fraction of sp³-hybridized carbons (Fsp3) is 0.500. The average Bonchev–Trinajstić information content (AvgIpc) is 2.84. The minimum absolute atomic E-state index is 0.0610. The molecular weight excluding hydrogens is 437 g/mol. The number of piperidine rings is 1. The second kappa shape index (κ2) is 11.3. The minimum Gasteiger partial charge on any atom is -0.481 e. The quantitative estimate of drug-likeness (QED) is 0.589. The Labute approximate surface area is 199 Å². The van der Waals surface area contributed by atoms with E-state index in [4.69, 9.17) is 4.74 Å². The van der Waals surface area contributed by atoms with Crippen LogP contribution in [0.3, 0.4) is 0 Å². The van der Waals surface area contributed by atoms with E-state index < -0.39 is 5.97 Å². The van der Waals surface area contributed by atoms with E-state index in [1.807, 2.05) is 6.07 Å². The highest BCUT2D eigenvalue weighted by atomic mass is 19.1. The summed E-state index contributed by atoms with van der Waals surface area (Å²) in [4.78, 5) is 31.0. The first-order valence-corrected chi connectivity index (χ1v) is 12.1. The van der Waals surface area contributed by atoms with E-state index in [9.17, 15) is 19.1 Å². The first-order valence-electron chi connectivity index (χ1n) is 12.1. The summed E-state index contributed by atoms with van der Waals surface area (Å²) >= 11 is 0. The molecule has 1 aliphatic carbocycles. The number of carbonyl (C=O) groups excluding carboxylic acids is 1. The van der Waals surface area contributed by atoms with E-state index in [1.165, 1.54) is 18.6 Å². The molecule has 1 amide bonds. The Morgan fingerprint density at radius 3 is 2.56 bits per heavy atom. The van der Waals surface area contributed by atoms with Crippen LogP contribution < -0.4 is 15.0 Å². The van der Waals surface area contributed by atoms with Crippen LogP contribution in [0.5, 0.6) is 5.88 Å². The van der Waals surface area contributed by atoms with Crippen LogP contribution in [0.1, 0.15) is 67.3 Å². The van der Waals surface area contributed by atoms with Crippen LogP contribution in [0.15, 0.2) is 36.4 Å². The molecule has 0 radical (unpaired) electrons. The molecule has 182 valence electrons. The Morgan fingerprint density at radius 1 is 1.06 bits per heavy atom. The number of aliphatic carboxylic acids is 1. The lowest BCUT2D eigenvalue weighted by molar-refractivity contribution is -0.138. The van der Waals surface area contributed by atoms with Crippen molar-refractivity contribution in [2.45, 2.75) is 64.0 Å². The van der Waals surface area contributed by atoms with Gasteiger partial charge >= 0.3 is 5.97 Å². The number of nitrogens with zero attached hydrogens (tertiary/aromatic N) is 2. The van der Waals surface area contributed by atoms with Gasteiger partial charge in [0.15, 0.2) is 0 Å². The highest BCUT2D eigenvalue weighted by molar-refractivity contribution is 5.96. The Bertz CT molecular complexity index is 992. The number of benzene rings is 1. The molecule has 1 aromatic carbocycles. The van der Waals surface area contributed by atoms with Crippen molar-refractivity contribution in [2.24, 2.45) is 5.92 Å². The first kappa shape index (κ1) is 24.0. The molecule has 2 fully saturated rings. The Morgan fingerprint density at radius 2 is 1.82 bits per heavy atom. The summed E-state index contributed by atoms with van der Waals surface area (Å²) < 4.78 is 19.2. The van der Waals surface area contributed by atoms with Gasteiger partial charge in [-0.2, -0.15) is 4.98 Å². The molecule has 4 rings (SSSR count). The van der Waals surface area contributed by atoms with Crippen molar-refractivity contribution in [2.75, 3.05) is 18.0 Å². The summed E-state index contributed by atoms with van der Waals surface area (Å²) in [6.07, 6.45) is 7.27. The summed E-state index contributed by atoms with van der Waals surface area (Å²) in [5.41, 5.74) is 1.14. The number of rotatable bonds is 8. The lowest BCUT2D eigenvalue weighted by Crippen LogP contribution is -2.37. The molecule has 1 aliphatic heterocycles. The summed E-state index contributed by atoms with van der Waals surface area (Å²) in [5.74, 6) is -0.363. The van der Waals surface area contributed by atoms with Crippen LogP contribution in [0.4, 0.5) is 10.2 Å². The summed E-state index contributed by atoms with van der Waals surface area (Å²) in [6, 6.07) is 9.73. The third-order valence-electron chi connectivity index (χ3n) is 6.63. The van der Waals surface area contributed by atoms with E-state index in [0.717, 1.165) is 50.6 Å². The van der Waals surface area contributed by atoms with E-state index in [2.05, 4.69) is 15.2 Å². The molecule has 34 heavy (non-hydrogen) atoms. The van der Waals surface area contributed by atoms with Crippen molar-refractivity contribution in [3.63, 3.8) is 0 Å². The van der Waals surface area contributed by atoms with Crippen molar-refractivity contribution < 1.29 is 23.8 Å². The maximum atomic E-state index is 13.3.